The van der Waals surface area contributed by atoms with E-state index in [-0.39, 0.29) is 5.92 Å². The molecule has 0 saturated heterocycles. The van der Waals surface area contributed by atoms with E-state index >= 15 is 0 Å². The van der Waals surface area contributed by atoms with E-state index in [2.05, 4.69) is 6.92 Å². The molecule has 3 heteroatoms. The van der Waals surface area contributed by atoms with E-state index < -0.39 is 0 Å². The van der Waals surface area contributed by atoms with Crippen LogP contribution in [-0.2, 0) is 0 Å². The summed E-state index contributed by atoms with van der Waals surface area (Å²) in [4.78, 5) is 0. The van der Waals surface area contributed by atoms with Gasteiger partial charge in [-0.15, -0.1) is 0 Å². The van der Waals surface area contributed by atoms with Crippen molar-refractivity contribution in [2.75, 3.05) is 0 Å². The Morgan fingerprint density at radius 2 is 1.39 bits per heavy atom. The van der Waals surface area contributed by atoms with Crippen LogP contribution in [0.4, 0.5) is 0 Å². The van der Waals surface area contributed by atoms with E-state index in [9.17, 15) is 0 Å². The lowest BCUT2D eigenvalue weighted by atomic mass is 9.92. The van der Waals surface area contributed by atoms with E-state index in [1.54, 1.807) is 0 Å². The molecule has 0 amide bonds. The number of hydrogen-bond acceptors (Lipinski definition) is 0. The zero-order valence-corrected chi connectivity index (χ0v) is 12.4. The average Bonchev–Trinajstić information content (AvgIpc) is 2.28. The molecule has 0 spiro atoms. The molecule has 0 N–H and O–H groups in total. The van der Waals surface area contributed by atoms with Gasteiger partial charge >= 0.3 is 0 Å². The van der Waals surface area contributed by atoms with Crippen molar-refractivity contribution < 1.29 is 0 Å². The first kappa shape index (κ1) is 13.7. The van der Waals surface area contributed by atoms with Crippen LogP contribution in [0.5, 0.6) is 0 Å². The van der Waals surface area contributed by atoms with Crippen LogP contribution in [0, 0.1) is 6.92 Å². The Balaban J connectivity index is 2.46. The quantitative estimate of drug-likeness (QED) is 0.628. The number of rotatable bonds is 2. The normalized spacial score (nSPS) is 12.5. The molecule has 0 fully saturated rings. The van der Waals surface area contributed by atoms with Crippen LogP contribution in [0.15, 0.2) is 36.4 Å². The monoisotopic (exact) mass is 298 g/mol. The van der Waals surface area contributed by atoms with Crippen LogP contribution in [0.2, 0.25) is 15.1 Å². The summed E-state index contributed by atoms with van der Waals surface area (Å²) < 4.78 is 0. The smallest absolute Gasteiger partial charge is 0.0461 e. The van der Waals surface area contributed by atoms with Gasteiger partial charge in [-0.3, -0.25) is 0 Å². The van der Waals surface area contributed by atoms with Gasteiger partial charge < -0.3 is 0 Å². The van der Waals surface area contributed by atoms with Gasteiger partial charge in [-0.05, 0) is 47.9 Å². The van der Waals surface area contributed by atoms with Gasteiger partial charge in [-0.25, -0.2) is 0 Å². The van der Waals surface area contributed by atoms with Crippen molar-refractivity contribution in [3.05, 3.63) is 68.2 Å². The molecule has 0 aliphatic rings. The summed E-state index contributed by atoms with van der Waals surface area (Å²) in [5.41, 5.74) is 3.18. The highest BCUT2D eigenvalue weighted by Gasteiger charge is 2.16. The van der Waals surface area contributed by atoms with Crippen LogP contribution in [0.1, 0.15) is 29.5 Å². The summed E-state index contributed by atoms with van der Waals surface area (Å²) in [6.45, 7) is 4.07. The van der Waals surface area contributed by atoms with Crippen molar-refractivity contribution in [1.29, 1.82) is 0 Å². The molecule has 0 heterocycles. The highest BCUT2D eigenvalue weighted by molar-refractivity contribution is 6.36. The third-order valence-corrected chi connectivity index (χ3v) is 3.90. The largest absolute Gasteiger partial charge is 0.0843 e. The lowest BCUT2D eigenvalue weighted by Gasteiger charge is -2.16. The van der Waals surface area contributed by atoms with Crippen LogP contribution in [0.25, 0.3) is 0 Å². The molecule has 0 radical (unpaired) electrons. The lowest BCUT2D eigenvalue weighted by molar-refractivity contribution is 0.922. The van der Waals surface area contributed by atoms with Crippen molar-refractivity contribution in [3.8, 4) is 0 Å². The zero-order valence-electron chi connectivity index (χ0n) is 10.2. The van der Waals surface area contributed by atoms with E-state index in [4.69, 9.17) is 34.8 Å². The molecule has 1 atom stereocenters. The standard InChI is InChI=1S/C15H13Cl3/c1-9-7-13(17)15(14(18)8-9)10(2)11-3-5-12(16)6-4-11/h3-8,10H,1-2H3. The van der Waals surface area contributed by atoms with Gasteiger partial charge in [0, 0.05) is 21.0 Å². The van der Waals surface area contributed by atoms with Gasteiger partial charge in [0.25, 0.3) is 0 Å². The Labute approximate surface area is 122 Å². The van der Waals surface area contributed by atoms with Crippen LogP contribution >= 0.6 is 34.8 Å². The van der Waals surface area contributed by atoms with Gasteiger partial charge in [-0.1, -0.05) is 53.9 Å². The minimum Gasteiger partial charge on any atom is -0.0843 e. The first-order chi connectivity index (χ1) is 8.49. The van der Waals surface area contributed by atoms with E-state index in [0.29, 0.717) is 10.0 Å². The SMILES string of the molecule is Cc1cc(Cl)c(C(C)c2ccc(Cl)cc2)c(Cl)c1. The highest BCUT2D eigenvalue weighted by Crippen LogP contribution is 2.36. The molecule has 2 rings (SSSR count). The van der Waals surface area contributed by atoms with E-state index in [1.807, 2.05) is 43.3 Å². The first-order valence-electron chi connectivity index (χ1n) is 5.70. The molecule has 0 bridgehead atoms. The maximum absolute atomic E-state index is 6.30. The summed E-state index contributed by atoms with van der Waals surface area (Å²) in [5.74, 6) is 0.142. The van der Waals surface area contributed by atoms with Gasteiger partial charge in [0.1, 0.15) is 0 Å². The second kappa shape index (κ2) is 5.52. The Kier molecular flexibility index (Phi) is 4.21. The van der Waals surface area contributed by atoms with Crippen molar-refractivity contribution in [1.82, 2.24) is 0 Å². The highest BCUT2D eigenvalue weighted by atomic mass is 35.5. The second-order valence-corrected chi connectivity index (χ2v) is 5.67. The van der Waals surface area contributed by atoms with Crippen molar-refractivity contribution in [2.45, 2.75) is 19.8 Å². The number of halogens is 3. The van der Waals surface area contributed by atoms with Crippen LogP contribution in [0.3, 0.4) is 0 Å². The Morgan fingerprint density at radius 3 is 1.89 bits per heavy atom. The van der Waals surface area contributed by atoms with E-state index in [0.717, 1.165) is 21.7 Å². The fraction of sp³-hybridized carbons (Fsp3) is 0.200. The first-order valence-corrected chi connectivity index (χ1v) is 6.83. The molecule has 94 valence electrons. The molecule has 0 nitrogen and oxygen atoms in total. The second-order valence-electron chi connectivity index (χ2n) is 4.42. The third-order valence-electron chi connectivity index (χ3n) is 3.03. The Hall–Kier alpha value is -0.690. The minimum absolute atomic E-state index is 0.142. The minimum atomic E-state index is 0.142. The third kappa shape index (κ3) is 2.83. The van der Waals surface area contributed by atoms with Gasteiger partial charge in [0.05, 0.1) is 0 Å². The molecule has 0 aliphatic carbocycles. The van der Waals surface area contributed by atoms with Crippen LogP contribution < -0.4 is 0 Å². The number of benzene rings is 2. The van der Waals surface area contributed by atoms with Gasteiger partial charge in [0.2, 0.25) is 0 Å². The fourth-order valence-electron chi connectivity index (χ4n) is 2.04. The summed E-state index contributed by atoms with van der Waals surface area (Å²) in [6, 6.07) is 11.6. The summed E-state index contributed by atoms with van der Waals surface area (Å²) in [7, 11) is 0. The molecule has 1 unspecified atom stereocenters. The Bertz CT molecular complexity index is 535. The molecular weight excluding hydrogens is 287 g/mol. The number of aryl methyl sites for hydroxylation is 1. The molecule has 2 aromatic rings. The zero-order chi connectivity index (χ0) is 13.3. The molecule has 2 aromatic carbocycles. The molecule has 0 aromatic heterocycles. The maximum Gasteiger partial charge on any atom is 0.0461 e. The predicted octanol–water partition coefficient (Wildman–Crippen LogP) is 6.11. The molecule has 18 heavy (non-hydrogen) atoms. The van der Waals surface area contributed by atoms with Gasteiger partial charge in [0.15, 0.2) is 0 Å². The van der Waals surface area contributed by atoms with Crippen molar-refractivity contribution in [2.24, 2.45) is 0 Å². The summed E-state index contributed by atoms with van der Waals surface area (Å²) in [5, 5.41) is 2.15. The molecule has 0 aliphatic heterocycles. The lowest BCUT2D eigenvalue weighted by Crippen LogP contribution is -1.98. The fourth-order valence-corrected chi connectivity index (χ4v) is 3.09. The van der Waals surface area contributed by atoms with Crippen LogP contribution in [-0.4, -0.2) is 0 Å². The maximum atomic E-state index is 6.30. The molecular formula is C15H13Cl3. The van der Waals surface area contributed by atoms with Crippen molar-refractivity contribution in [3.63, 3.8) is 0 Å². The molecule has 0 saturated carbocycles. The van der Waals surface area contributed by atoms with Gasteiger partial charge in [-0.2, -0.15) is 0 Å². The summed E-state index contributed by atoms with van der Waals surface area (Å²) >= 11 is 18.5. The summed E-state index contributed by atoms with van der Waals surface area (Å²) in [6.07, 6.45) is 0. The average molecular weight is 300 g/mol. The topological polar surface area (TPSA) is 0 Å². The predicted molar refractivity (Wildman–Crippen MR) is 80.2 cm³/mol. The van der Waals surface area contributed by atoms with E-state index in [1.165, 1.54) is 0 Å². The van der Waals surface area contributed by atoms with Crippen molar-refractivity contribution >= 4 is 34.8 Å². The number of hydrogen-bond donors (Lipinski definition) is 0. The Morgan fingerprint density at radius 1 is 0.889 bits per heavy atom.